The van der Waals surface area contributed by atoms with Crippen molar-refractivity contribution in [3.8, 4) is 17.1 Å². The number of para-hydroxylation sites is 1. The molecule has 4 aromatic rings. The van der Waals surface area contributed by atoms with Gasteiger partial charge in [0.1, 0.15) is 0 Å². The number of aromatic nitrogens is 6. The quantitative estimate of drug-likeness (QED) is 0.507. The molecule has 0 radical (unpaired) electrons. The minimum atomic E-state index is 0.503. The highest BCUT2D eigenvalue weighted by molar-refractivity contribution is 7.98. The SMILES string of the molecule is Cc1ccccc1-n1nnnc1SCc1nc(-c2ccsc2)no1. The maximum atomic E-state index is 5.30. The van der Waals surface area contributed by atoms with Gasteiger partial charge in [-0.3, -0.25) is 0 Å². The minimum absolute atomic E-state index is 0.503. The maximum Gasteiger partial charge on any atom is 0.237 e. The van der Waals surface area contributed by atoms with Gasteiger partial charge >= 0.3 is 0 Å². The van der Waals surface area contributed by atoms with Crippen LogP contribution >= 0.6 is 23.1 Å². The molecule has 0 unspecified atom stereocenters. The van der Waals surface area contributed by atoms with Crippen molar-refractivity contribution in [1.82, 2.24) is 30.3 Å². The number of hydrogen-bond acceptors (Lipinski definition) is 8. The highest BCUT2D eigenvalue weighted by Crippen LogP contribution is 2.25. The van der Waals surface area contributed by atoms with E-state index in [1.165, 1.54) is 11.8 Å². The van der Waals surface area contributed by atoms with Crippen LogP contribution in [0, 0.1) is 6.92 Å². The molecule has 1 aromatic carbocycles. The van der Waals surface area contributed by atoms with Crippen LogP contribution in [0.25, 0.3) is 17.1 Å². The van der Waals surface area contributed by atoms with Gasteiger partial charge in [0.25, 0.3) is 0 Å². The third-order valence-corrected chi connectivity index (χ3v) is 4.94. The van der Waals surface area contributed by atoms with Crippen LogP contribution in [0.1, 0.15) is 11.5 Å². The second-order valence-electron chi connectivity index (χ2n) is 4.97. The van der Waals surface area contributed by atoms with Crippen molar-refractivity contribution in [1.29, 1.82) is 0 Å². The molecule has 9 heteroatoms. The second-order valence-corrected chi connectivity index (χ2v) is 6.69. The van der Waals surface area contributed by atoms with Gasteiger partial charge in [-0.25, -0.2) is 0 Å². The number of nitrogens with zero attached hydrogens (tertiary/aromatic N) is 6. The van der Waals surface area contributed by atoms with Crippen molar-refractivity contribution in [2.75, 3.05) is 0 Å². The molecule has 0 aliphatic heterocycles. The molecule has 0 saturated carbocycles. The van der Waals surface area contributed by atoms with Crippen LogP contribution in [0.2, 0.25) is 0 Å². The van der Waals surface area contributed by atoms with Gasteiger partial charge in [0.15, 0.2) is 0 Å². The molecule has 0 amide bonds. The lowest BCUT2D eigenvalue weighted by molar-refractivity contribution is 0.391. The molecule has 3 aromatic heterocycles. The van der Waals surface area contributed by atoms with E-state index in [2.05, 4.69) is 25.7 Å². The average Bonchev–Trinajstić information content (AvgIpc) is 3.34. The monoisotopic (exact) mass is 356 g/mol. The van der Waals surface area contributed by atoms with E-state index in [1.54, 1.807) is 16.0 Å². The van der Waals surface area contributed by atoms with E-state index < -0.39 is 0 Å². The van der Waals surface area contributed by atoms with Gasteiger partial charge in [-0.15, -0.1) is 5.10 Å². The summed E-state index contributed by atoms with van der Waals surface area (Å²) in [4.78, 5) is 4.40. The molecule has 4 rings (SSSR count). The predicted octanol–water partition coefficient (Wildman–Crippen LogP) is 3.37. The highest BCUT2D eigenvalue weighted by Gasteiger charge is 2.14. The van der Waals surface area contributed by atoms with Gasteiger partial charge in [-0.05, 0) is 40.4 Å². The Labute approximate surface area is 145 Å². The van der Waals surface area contributed by atoms with Crippen LogP contribution in [0.5, 0.6) is 0 Å². The Morgan fingerprint density at radius 3 is 3.00 bits per heavy atom. The smallest absolute Gasteiger partial charge is 0.237 e. The Balaban J connectivity index is 1.52. The molecule has 24 heavy (non-hydrogen) atoms. The summed E-state index contributed by atoms with van der Waals surface area (Å²) in [6.07, 6.45) is 0. The third-order valence-electron chi connectivity index (χ3n) is 3.36. The first-order valence-electron chi connectivity index (χ1n) is 7.13. The second kappa shape index (κ2) is 6.54. The number of aryl methyl sites for hydroxylation is 1. The number of rotatable bonds is 5. The fourth-order valence-electron chi connectivity index (χ4n) is 2.17. The first-order valence-corrected chi connectivity index (χ1v) is 9.06. The van der Waals surface area contributed by atoms with Crippen LogP contribution in [0.4, 0.5) is 0 Å². The Kier molecular flexibility index (Phi) is 4.09. The van der Waals surface area contributed by atoms with Crippen LogP contribution in [0.3, 0.4) is 0 Å². The van der Waals surface area contributed by atoms with Crippen molar-refractivity contribution in [2.45, 2.75) is 17.8 Å². The highest BCUT2D eigenvalue weighted by atomic mass is 32.2. The summed E-state index contributed by atoms with van der Waals surface area (Å²) in [6, 6.07) is 9.92. The molecule has 0 aliphatic rings. The summed E-state index contributed by atoms with van der Waals surface area (Å²) < 4.78 is 7.02. The fraction of sp³-hybridized carbons (Fsp3) is 0.133. The van der Waals surface area contributed by atoms with E-state index in [0.29, 0.717) is 22.6 Å². The van der Waals surface area contributed by atoms with Crippen molar-refractivity contribution in [3.05, 3.63) is 52.5 Å². The lowest BCUT2D eigenvalue weighted by atomic mass is 10.2. The topological polar surface area (TPSA) is 82.5 Å². The minimum Gasteiger partial charge on any atom is -0.338 e. The summed E-state index contributed by atoms with van der Waals surface area (Å²) in [7, 11) is 0. The Hall–Kier alpha value is -2.52. The molecule has 0 spiro atoms. The molecule has 0 bridgehead atoms. The zero-order valence-corrected chi connectivity index (χ0v) is 14.3. The molecule has 0 fully saturated rings. The first-order chi connectivity index (χ1) is 11.8. The molecule has 120 valence electrons. The van der Waals surface area contributed by atoms with Gasteiger partial charge in [-0.1, -0.05) is 35.1 Å². The molecule has 0 saturated heterocycles. The standard InChI is InChI=1S/C15H12N6OS2/c1-10-4-2-3-5-12(10)21-15(17-19-20-21)24-9-13-16-14(18-22-13)11-6-7-23-8-11/h2-8H,9H2,1H3. The summed E-state index contributed by atoms with van der Waals surface area (Å²) >= 11 is 3.05. The molecule has 0 aliphatic carbocycles. The fourth-order valence-corrected chi connectivity index (χ4v) is 3.53. The van der Waals surface area contributed by atoms with Gasteiger partial charge in [0.05, 0.1) is 11.4 Å². The average molecular weight is 356 g/mol. The van der Waals surface area contributed by atoms with Crippen LogP contribution < -0.4 is 0 Å². The Bertz CT molecular complexity index is 946. The molecule has 3 heterocycles. The van der Waals surface area contributed by atoms with Crippen LogP contribution in [-0.2, 0) is 5.75 Å². The molecule has 0 N–H and O–H groups in total. The number of tetrazole rings is 1. The summed E-state index contributed by atoms with van der Waals surface area (Å²) in [5, 5.41) is 20.6. The largest absolute Gasteiger partial charge is 0.338 e. The lowest BCUT2D eigenvalue weighted by Crippen LogP contribution is -2.01. The van der Waals surface area contributed by atoms with Crippen molar-refractivity contribution in [2.24, 2.45) is 0 Å². The summed E-state index contributed by atoms with van der Waals surface area (Å²) in [6.45, 7) is 2.02. The van der Waals surface area contributed by atoms with Gasteiger partial charge in [-0.2, -0.15) is 21.0 Å². The van der Waals surface area contributed by atoms with Crippen molar-refractivity contribution in [3.63, 3.8) is 0 Å². The van der Waals surface area contributed by atoms with E-state index in [-0.39, 0.29) is 0 Å². The van der Waals surface area contributed by atoms with E-state index in [9.17, 15) is 0 Å². The molecular weight excluding hydrogens is 344 g/mol. The number of hydrogen-bond donors (Lipinski definition) is 0. The van der Waals surface area contributed by atoms with Crippen molar-refractivity contribution < 1.29 is 4.52 Å². The van der Waals surface area contributed by atoms with E-state index in [4.69, 9.17) is 4.52 Å². The van der Waals surface area contributed by atoms with E-state index in [0.717, 1.165) is 16.8 Å². The molecule has 0 atom stereocenters. The van der Waals surface area contributed by atoms with Gasteiger partial charge in [0.2, 0.25) is 16.9 Å². The number of benzene rings is 1. The van der Waals surface area contributed by atoms with E-state index in [1.807, 2.05) is 48.0 Å². The molecular formula is C15H12N6OS2. The number of thioether (sulfide) groups is 1. The Morgan fingerprint density at radius 1 is 1.25 bits per heavy atom. The van der Waals surface area contributed by atoms with Crippen LogP contribution in [-0.4, -0.2) is 30.3 Å². The maximum absolute atomic E-state index is 5.30. The number of thiophene rings is 1. The summed E-state index contributed by atoms with van der Waals surface area (Å²) in [5.74, 6) is 1.65. The lowest BCUT2D eigenvalue weighted by Gasteiger charge is -2.05. The zero-order valence-electron chi connectivity index (χ0n) is 12.7. The summed E-state index contributed by atoms with van der Waals surface area (Å²) in [5.41, 5.74) is 3.02. The van der Waals surface area contributed by atoms with Crippen LogP contribution in [0.15, 0.2) is 50.8 Å². The Morgan fingerprint density at radius 2 is 2.17 bits per heavy atom. The van der Waals surface area contributed by atoms with Crippen molar-refractivity contribution >= 4 is 23.1 Å². The molecule has 7 nitrogen and oxygen atoms in total. The normalized spacial score (nSPS) is 11.0. The third kappa shape index (κ3) is 2.95. The zero-order chi connectivity index (χ0) is 16.4. The van der Waals surface area contributed by atoms with E-state index >= 15 is 0 Å². The predicted molar refractivity (Wildman–Crippen MR) is 91.1 cm³/mol. The van der Waals surface area contributed by atoms with Gasteiger partial charge in [0, 0.05) is 10.9 Å². The van der Waals surface area contributed by atoms with Gasteiger partial charge < -0.3 is 4.52 Å². The first kappa shape index (κ1) is 15.0.